The number of amides is 1. The largest absolute Gasteiger partial charge is 0.321 e. The van der Waals surface area contributed by atoms with E-state index in [0.717, 1.165) is 10.1 Å². The average molecular weight is 364 g/mol. The molecule has 6 heteroatoms. The van der Waals surface area contributed by atoms with Crippen molar-refractivity contribution in [1.82, 2.24) is 0 Å². The van der Waals surface area contributed by atoms with Crippen molar-refractivity contribution in [3.8, 4) is 0 Å². The van der Waals surface area contributed by atoms with Gasteiger partial charge in [0.25, 0.3) is 5.91 Å². The van der Waals surface area contributed by atoms with E-state index in [-0.39, 0.29) is 11.7 Å². The zero-order valence-electron chi connectivity index (χ0n) is 12.0. The minimum absolute atomic E-state index is 0.0596. The molecule has 0 aliphatic carbocycles. The van der Waals surface area contributed by atoms with Gasteiger partial charge in [0.05, 0.1) is 5.02 Å². The Labute approximate surface area is 146 Å². The summed E-state index contributed by atoms with van der Waals surface area (Å²) >= 11 is 13.6. The second kappa shape index (κ2) is 6.32. The maximum Gasteiger partial charge on any atom is 0.267 e. The van der Waals surface area contributed by atoms with Crippen LogP contribution in [0.25, 0.3) is 10.1 Å². The summed E-state index contributed by atoms with van der Waals surface area (Å²) in [5, 5.41) is 4.57. The van der Waals surface area contributed by atoms with Crippen LogP contribution in [0, 0.1) is 0 Å². The quantitative estimate of drug-likeness (QED) is 0.609. The first-order chi connectivity index (χ1) is 11.0. The molecule has 3 aromatic rings. The Balaban J connectivity index is 1.93. The summed E-state index contributed by atoms with van der Waals surface area (Å²) in [7, 11) is 0. The summed E-state index contributed by atoms with van der Waals surface area (Å²) in [5.74, 6) is -0.372. The monoisotopic (exact) mass is 363 g/mol. The molecule has 0 radical (unpaired) electrons. The highest BCUT2D eigenvalue weighted by molar-refractivity contribution is 7.21. The minimum Gasteiger partial charge on any atom is -0.321 e. The number of benzene rings is 2. The van der Waals surface area contributed by atoms with Gasteiger partial charge in [0.2, 0.25) is 0 Å². The number of Topliss-reactive ketones (excluding diaryl/α,β-unsaturated/α-hetero) is 1. The van der Waals surface area contributed by atoms with Crippen molar-refractivity contribution in [2.45, 2.75) is 6.92 Å². The fourth-order valence-electron chi connectivity index (χ4n) is 2.19. The number of thiophene rings is 1. The Kier molecular flexibility index (Phi) is 4.39. The first-order valence-corrected chi connectivity index (χ1v) is 8.33. The number of ketones is 1. The molecule has 1 heterocycles. The lowest BCUT2D eigenvalue weighted by atomic mass is 10.1. The number of fused-ring (bicyclic) bond motifs is 1. The summed E-state index contributed by atoms with van der Waals surface area (Å²) in [4.78, 5) is 24.3. The Morgan fingerprint density at radius 1 is 1.09 bits per heavy atom. The lowest BCUT2D eigenvalue weighted by Crippen LogP contribution is -2.11. The van der Waals surface area contributed by atoms with E-state index >= 15 is 0 Å². The van der Waals surface area contributed by atoms with E-state index < -0.39 is 0 Å². The number of halogens is 2. The fraction of sp³-hybridized carbons (Fsp3) is 0.0588. The van der Waals surface area contributed by atoms with Crippen molar-refractivity contribution in [3.63, 3.8) is 0 Å². The number of carbonyl (C=O) groups excluding carboxylic acids is 2. The molecule has 0 unspecified atom stereocenters. The second-order valence-corrected chi connectivity index (χ2v) is 6.84. The minimum atomic E-state index is -0.312. The van der Waals surface area contributed by atoms with Gasteiger partial charge in [-0.3, -0.25) is 9.59 Å². The molecule has 116 valence electrons. The van der Waals surface area contributed by atoms with Crippen LogP contribution in [-0.2, 0) is 0 Å². The van der Waals surface area contributed by atoms with E-state index in [0.29, 0.717) is 26.2 Å². The number of nitrogens with one attached hydrogen (secondary N) is 1. The molecule has 3 nitrogen and oxygen atoms in total. The van der Waals surface area contributed by atoms with Crippen LogP contribution in [0.2, 0.25) is 10.0 Å². The van der Waals surface area contributed by atoms with Crippen LogP contribution in [0.15, 0.2) is 42.5 Å². The first-order valence-electron chi connectivity index (χ1n) is 6.75. The topological polar surface area (TPSA) is 46.2 Å². The lowest BCUT2D eigenvalue weighted by molar-refractivity contribution is 0.101. The Hall–Kier alpha value is -1.88. The number of carbonyl (C=O) groups is 2. The molecule has 0 aliphatic heterocycles. The molecule has 0 bridgehead atoms. The lowest BCUT2D eigenvalue weighted by Gasteiger charge is -2.05. The van der Waals surface area contributed by atoms with Crippen molar-refractivity contribution in [2.24, 2.45) is 0 Å². The van der Waals surface area contributed by atoms with Crippen LogP contribution in [0.4, 0.5) is 5.69 Å². The number of anilines is 1. The fourth-order valence-corrected chi connectivity index (χ4v) is 3.88. The maximum atomic E-state index is 12.5. The zero-order valence-corrected chi connectivity index (χ0v) is 14.4. The molecular formula is C17H11Cl2NO2S. The van der Waals surface area contributed by atoms with Gasteiger partial charge in [0, 0.05) is 26.4 Å². The van der Waals surface area contributed by atoms with E-state index in [1.54, 1.807) is 42.5 Å². The molecule has 1 amide bonds. The van der Waals surface area contributed by atoms with Crippen molar-refractivity contribution in [3.05, 3.63) is 63.0 Å². The van der Waals surface area contributed by atoms with Gasteiger partial charge in [-0.1, -0.05) is 41.4 Å². The van der Waals surface area contributed by atoms with Crippen LogP contribution in [0.3, 0.4) is 0 Å². The van der Waals surface area contributed by atoms with E-state index in [1.165, 1.54) is 18.3 Å². The van der Waals surface area contributed by atoms with E-state index in [1.807, 2.05) is 0 Å². The van der Waals surface area contributed by atoms with Gasteiger partial charge in [-0.2, -0.15) is 0 Å². The van der Waals surface area contributed by atoms with Gasteiger partial charge in [-0.05, 0) is 31.2 Å². The van der Waals surface area contributed by atoms with Crippen molar-refractivity contribution in [2.75, 3.05) is 5.32 Å². The molecule has 0 saturated carbocycles. The summed E-state index contributed by atoms with van der Waals surface area (Å²) in [6.45, 7) is 1.48. The predicted molar refractivity (Wildman–Crippen MR) is 96.2 cm³/mol. The third-order valence-corrected chi connectivity index (χ3v) is 5.22. The van der Waals surface area contributed by atoms with E-state index in [9.17, 15) is 9.59 Å². The third-order valence-electron chi connectivity index (χ3n) is 3.32. The smallest absolute Gasteiger partial charge is 0.267 e. The molecule has 0 aliphatic rings. The Morgan fingerprint density at radius 2 is 1.87 bits per heavy atom. The summed E-state index contributed by atoms with van der Waals surface area (Å²) in [5.41, 5.74) is 1.09. The van der Waals surface area contributed by atoms with Gasteiger partial charge in [0.15, 0.2) is 5.78 Å². The zero-order chi connectivity index (χ0) is 16.6. The Bertz CT molecular complexity index is 933. The van der Waals surface area contributed by atoms with Crippen molar-refractivity contribution in [1.29, 1.82) is 0 Å². The summed E-state index contributed by atoms with van der Waals surface area (Å²) in [6.07, 6.45) is 0. The molecule has 2 aromatic carbocycles. The average Bonchev–Trinajstić information content (AvgIpc) is 2.84. The molecule has 1 N–H and O–H groups in total. The molecule has 0 saturated heterocycles. The van der Waals surface area contributed by atoms with Crippen LogP contribution in [0.1, 0.15) is 27.0 Å². The highest BCUT2D eigenvalue weighted by Crippen LogP contribution is 2.37. The summed E-state index contributed by atoms with van der Waals surface area (Å²) in [6, 6.07) is 12.1. The van der Waals surface area contributed by atoms with Gasteiger partial charge >= 0.3 is 0 Å². The highest BCUT2D eigenvalue weighted by Gasteiger charge is 2.17. The van der Waals surface area contributed by atoms with Gasteiger partial charge in [-0.15, -0.1) is 11.3 Å². The number of hydrogen-bond donors (Lipinski definition) is 1. The molecular weight excluding hydrogens is 353 g/mol. The van der Waals surface area contributed by atoms with Crippen molar-refractivity contribution < 1.29 is 9.59 Å². The highest BCUT2D eigenvalue weighted by atomic mass is 35.5. The first kappa shape index (κ1) is 16.0. The van der Waals surface area contributed by atoms with Crippen LogP contribution in [0.5, 0.6) is 0 Å². The number of hydrogen-bond acceptors (Lipinski definition) is 3. The molecule has 1 aromatic heterocycles. The van der Waals surface area contributed by atoms with Gasteiger partial charge < -0.3 is 5.32 Å². The van der Waals surface area contributed by atoms with Gasteiger partial charge in [0.1, 0.15) is 4.88 Å². The standard InChI is InChI=1S/C17H11Cl2NO2S/c1-9(21)10-3-2-4-12(7-10)20-17(22)16-15(19)13-6-5-11(18)8-14(13)23-16/h2-8H,1H3,(H,20,22). The normalized spacial score (nSPS) is 10.7. The van der Waals surface area contributed by atoms with Crippen LogP contribution in [-0.4, -0.2) is 11.7 Å². The van der Waals surface area contributed by atoms with Crippen LogP contribution >= 0.6 is 34.5 Å². The van der Waals surface area contributed by atoms with Gasteiger partial charge in [-0.25, -0.2) is 0 Å². The van der Waals surface area contributed by atoms with Crippen molar-refractivity contribution >= 4 is 62.0 Å². The van der Waals surface area contributed by atoms with E-state index in [2.05, 4.69) is 5.32 Å². The predicted octanol–water partition coefficient (Wildman–Crippen LogP) is 5.66. The van der Waals surface area contributed by atoms with E-state index in [4.69, 9.17) is 23.2 Å². The molecule has 0 atom stereocenters. The Morgan fingerprint density at radius 3 is 2.61 bits per heavy atom. The molecule has 0 fully saturated rings. The third kappa shape index (κ3) is 3.24. The molecule has 23 heavy (non-hydrogen) atoms. The maximum absolute atomic E-state index is 12.5. The molecule has 0 spiro atoms. The SMILES string of the molecule is CC(=O)c1cccc(NC(=O)c2sc3cc(Cl)ccc3c2Cl)c1. The van der Waals surface area contributed by atoms with Crippen LogP contribution < -0.4 is 5.32 Å². The summed E-state index contributed by atoms with van der Waals surface area (Å²) < 4.78 is 0.852. The number of rotatable bonds is 3. The molecule has 3 rings (SSSR count). The second-order valence-electron chi connectivity index (χ2n) is 4.98.